The molecule has 0 saturated carbocycles. The van der Waals surface area contributed by atoms with Crippen LogP contribution in [0.3, 0.4) is 0 Å². The van der Waals surface area contributed by atoms with E-state index in [-0.39, 0.29) is 18.0 Å². The number of carbonyl (C=O) groups excluding carboxylic acids is 1. The van der Waals surface area contributed by atoms with Gasteiger partial charge in [-0.25, -0.2) is 0 Å². The maximum atomic E-state index is 12.1. The molecule has 0 saturated heterocycles. The van der Waals surface area contributed by atoms with Crippen molar-refractivity contribution in [2.45, 2.75) is 5.25 Å². The van der Waals surface area contributed by atoms with Crippen molar-refractivity contribution in [2.75, 3.05) is 36.9 Å². The predicted octanol–water partition coefficient (Wildman–Crippen LogP) is 3.26. The smallest absolute Gasteiger partial charge is 0.234 e. The number of nitrogens with one attached hydrogen (secondary N) is 1. The lowest BCUT2D eigenvalue weighted by Crippen LogP contribution is -2.12. The summed E-state index contributed by atoms with van der Waals surface area (Å²) < 4.78 is 11.0. The van der Waals surface area contributed by atoms with Gasteiger partial charge in [-0.1, -0.05) is 12.1 Å². The summed E-state index contributed by atoms with van der Waals surface area (Å²) in [6.45, 7) is 0.224. The minimum atomic E-state index is 0.00697. The molecule has 0 radical (unpaired) electrons. The van der Waals surface area contributed by atoms with Gasteiger partial charge in [0, 0.05) is 31.5 Å². The van der Waals surface area contributed by atoms with Crippen LogP contribution in [0.2, 0.25) is 0 Å². The summed E-state index contributed by atoms with van der Waals surface area (Å²) in [5, 5.41) is 3.05. The van der Waals surface area contributed by atoms with Crippen LogP contribution in [0.1, 0.15) is 16.4 Å². The highest BCUT2D eigenvalue weighted by Gasteiger charge is 2.27. The lowest BCUT2D eigenvalue weighted by atomic mass is 10.0. The van der Waals surface area contributed by atoms with Crippen molar-refractivity contribution in [3.8, 4) is 11.5 Å². The van der Waals surface area contributed by atoms with E-state index in [1.165, 1.54) is 5.56 Å². The monoisotopic (exact) mass is 342 g/mol. The van der Waals surface area contributed by atoms with Crippen LogP contribution in [-0.4, -0.2) is 32.5 Å². The summed E-state index contributed by atoms with van der Waals surface area (Å²) in [5.74, 6) is 1.84. The van der Waals surface area contributed by atoms with E-state index in [0.29, 0.717) is 11.5 Å². The normalized spacial score (nSPS) is 18.6. The summed E-state index contributed by atoms with van der Waals surface area (Å²) in [6.07, 6.45) is 0. The molecule has 0 bridgehead atoms. The number of benzene rings is 2. The first-order valence-electron chi connectivity index (χ1n) is 7.74. The fourth-order valence-corrected chi connectivity index (χ4v) is 4.06. The van der Waals surface area contributed by atoms with E-state index < -0.39 is 0 Å². The Balaban J connectivity index is 1.77. The number of anilines is 2. The Kier molecular flexibility index (Phi) is 3.76. The molecule has 0 fully saturated rings. The second-order valence-corrected chi connectivity index (χ2v) is 7.11. The zero-order valence-electron chi connectivity index (χ0n) is 13.5. The SMILES string of the molecule is CN(C)c1ccc(C2SCC(=O)Nc3cc4c(cc32)OCO4)cc1. The Hall–Kier alpha value is -2.34. The Morgan fingerprint density at radius 3 is 2.54 bits per heavy atom. The highest BCUT2D eigenvalue weighted by Crippen LogP contribution is 2.47. The van der Waals surface area contributed by atoms with Crippen molar-refractivity contribution in [2.24, 2.45) is 0 Å². The van der Waals surface area contributed by atoms with Crippen molar-refractivity contribution in [1.29, 1.82) is 0 Å². The molecule has 24 heavy (non-hydrogen) atoms. The molecule has 1 unspecified atom stereocenters. The van der Waals surface area contributed by atoms with E-state index in [2.05, 4.69) is 34.5 Å². The lowest BCUT2D eigenvalue weighted by molar-refractivity contribution is -0.113. The fourth-order valence-electron chi connectivity index (χ4n) is 2.94. The third-order valence-corrected chi connectivity index (χ3v) is 5.48. The quantitative estimate of drug-likeness (QED) is 0.908. The molecular formula is C18H18N2O3S. The third kappa shape index (κ3) is 2.67. The minimum Gasteiger partial charge on any atom is -0.454 e. The molecule has 6 heteroatoms. The van der Waals surface area contributed by atoms with Crippen molar-refractivity contribution < 1.29 is 14.3 Å². The van der Waals surface area contributed by atoms with Gasteiger partial charge < -0.3 is 19.7 Å². The number of nitrogens with zero attached hydrogens (tertiary/aromatic N) is 1. The topological polar surface area (TPSA) is 50.8 Å². The van der Waals surface area contributed by atoms with Crippen LogP contribution >= 0.6 is 11.8 Å². The van der Waals surface area contributed by atoms with Crippen LogP contribution in [0.5, 0.6) is 11.5 Å². The molecule has 0 aromatic heterocycles. The predicted molar refractivity (Wildman–Crippen MR) is 96.3 cm³/mol. The first kappa shape index (κ1) is 15.2. The summed E-state index contributed by atoms with van der Waals surface area (Å²) in [7, 11) is 4.04. The van der Waals surface area contributed by atoms with Gasteiger partial charge in [0.1, 0.15) is 0 Å². The molecule has 2 aromatic carbocycles. The standard InChI is InChI=1S/C18H18N2O3S/c1-20(2)12-5-3-11(4-6-12)18-13-7-15-16(23-10-22-15)8-14(13)19-17(21)9-24-18/h3-8,18H,9-10H2,1-2H3,(H,19,21). The Morgan fingerprint density at radius 1 is 1.12 bits per heavy atom. The van der Waals surface area contributed by atoms with Gasteiger partial charge in [0.2, 0.25) is 12.7 Å². The van der Waals surface area contributed by atoms with Gasteiger partial charge in [0.15, 0.2) is 11.5 Å². The molecule has 124 valence electrons. The number of hydrogen-bond acceptors (Lipinski definition) is 5. The molecule has 0 spiro atoms. The van der Waals surface area contributed by atoms with Crippen molar-refractivity contribution in [1.82, 2.24) is 0 Å². The van der Waals surface area contributed by atoms with E-state index in [0.717, 1.165) is 22.7 Å². The molecule has 1 amide bonds. The molecule has 1 N–H and O–H groups in total. The zero-order valence-corrected chi connectivity index (χ0v) is 14.4. The average Bonchev–Trinajstić information content (AvgIpc) is 2.96. The number of rotatable bonds is 2. The second-order valence-electron chi connectivity index (χ2n) is 6.02. The summed E-state index contributed by atoms with van der Waals surface area (Å²) in [5.41, 5.74) is 4.17. The summed E-state index contributed by atoms with van der Waals surface area (Å²) >= 11 is 1.63. The number of amides is 1. The van der Waals surface area contributed by atoms with Gasteiger partial charge in [-0.05, 0) is 29.3 Å². The molecule has 2 aliphatic heterocycles. The first-order valence-corrected chi connectivity index (χ1v) is 8.79. The van der Waals surface area contributed by atoms with Crippen LogP contribution in [0.4, 0.5) is 11.4 Å². The highest BCUT2D eigenvalue weighted by atomic mass is 32.2. The van der Waals surface area contributed by atoms with E-state index in [1.54, 1.807) is 11.8 Å². The molecule has 5 nitrogen and oxygen atoms in total. The fraction of sp³-hybridized carbons (Fsp3) is 0.278. The number of carbonyl (C=O) groups is 1. The van der Waals surface area contributed by atoms with Gasteiger partial charge in [-0.3, -0.25) is 4.79 Å². The van der Waals surface area contributed by atoms with Crippen molar-refractivity contribution >= 4 is 29.0 Å². The lowest BCUT2D eigenvalue weighted by Gasteiger charge is -2.19. The van der Waals surface area contributed by atoms with Crippen LogP contribution in [0, 0.1) is 0 Å². The number of hydrogen-bond donors (Lipinski definition) is 1. The third-order valence-electron chi connectivity index (χ3n) is 4.19. The van der Waals surface area contributed by atoms with E-state index in [1.807, 2.05) is 26.2 Å². The number of fused-ring (bicyclic) bond motifs is 2. The molecule has 0 aliphatic carbocycles. The highest BCUT2D eigenvalue weighted by molar-refractivity contribution is 8.00. The summed E-state index contributed by atoms with van der Waals surface area (Å²) in [4.78, 5) is 14.1. The summed E-state index contributed by atoms with van der Waals surface area (Å²) in [6, 6.07) is 12.3. The Morgan fingerprint density at radius 2 is 1.83 bits per heavy atom. The first-order chi connectivity index (χ1) is 11.6. The number of thioether (sulfide) groups is 1. The molecule has 1 atom stereocenters. The van der Waals surface area contributed by atoms with Crippen molar-refractivity contribution in [3.63, 3.8) is 0 Å². The molecular weight excluding hydrogens is 324 g/mol. The Bertz CT molecular complexity index is 790. The van der Waals surface area contributed by atoms with E-state index >= 15 is 0 Å². The van der Waals surface area contributed by atoms with Gasteiger partial charge in [-0.2, -0.15) is 0 Å². The van der Waals surface area contributed by atoms with Crippen molar-refractivity contribution in [3.05, 3.63) is 47.5 Å². The average molecular weight is 342 g/mol. The number of ether oxygens (including phenoxy) is 2. The molecule has 2 aliphatic rings. The van der Waals surface area contributed by atoms with Gasteiger partial charge in [0.25, 0.3) is 0 Å². The largest absolute Gasteiger partial charge is 0.454 e. The van der Waals surface area contributed by atoms with Crippen LogP contribution < -0.4 is 19.7 Å². The van der Waals surface area contributed by atoms with Gasteiger partial charge in [0.05, 0.1) is 11.0 Å². The molecule has 4 rings (SSSR count). The van der Waals surface area contributed by atoms with Gasteiger partial charge in [-0.15, -0.1) is 11.8 Å². The van der Waals surface area contributed by atoms with Gasteiger partial charge >= 0.3 is 0 Å². The molecule has 2 heterocycles. The Labute approximate surface area is 144 Å². The minimum absolute atomic E-state index is 0.00697. The van der Waals surface area contributed by atoms with Crippen LogP contribution in [0.25, 0.3) is 0 Å². The second kappa shape index (κ2) is 5.94. The van der Waals surface area contributed by atoms with E-state index in [9.17, 15) is 4.79 Å². The van der Waals surface area contributed by atoms with E-state index in [4.69, 9.17) is 9.47 Å². The maximum absolute atomic E-state index is 12.1. The van der Waals surface area contributed by atoms with Crippen LogP contribution in [-0.2, 0) is 4.79 Å². The zero-order chi connectivity index (χ0) is 16.7. The molecule has 2 aromatic rings. The van der Waals surface area contributed by atoms with Crippen LogP contribution in [0.15, 0.2) is 36.4 Å². The maximum Gasteiger partial charge on any atom is 0.234 e.